The van der Waals surface area contributed by atoms with Gasteiger partial charge in [-0.15, -0.1) is 0 Å². The van der Waals surface area contributed by atoms with E-state index in [1.54, 1.807) is 5.57 Å². The molecular formula is C16H29N. The Kier molecular flexibility index (Phi) is 5.09. The maximum Gasteiger partial charge on any atom is 0.0118 e. The van der Waals surface area contributed by atoms with Gasteiger partial charge in [-0.1, -0.05) is 31.9 Å². The third-order valence-corrected chi connectivity index (χ3v) is 4.76. The normalized spacial score (nSPS) is 34.5. The van der Waals surface area contributed by atoms with Crippen LogP contribution in [0.25, 0.3) is 0 Å². The lowest BCUT2D eigenvalue weighted by Crippen LogP contribution is -2.43. The van der Waals surface area contributed by atoms with E-state index in [-0.39, 0.29) is 0 Å². The highest BCUT2D eigenvalue weighted by Gasteiger charge is 2.26. The van der Waals surface area contributed by atoms with Gasteiger partial charge in [0, 0.05) is 6.04 Å². The highest BCUT2D eigenvalue weighted by molar-refractivity contribution is 5.05. The topological polar surface area (TPSA) is 12.0 Å². The van der Waals surface area contributed by atoms with Crippen molar-refractivity contribution in [2.75, 3.05) is 6.54 Å². The summed E-state index contributed by atoms with van der Waals surface area (Å²) in [5.74, 6) is 1.75. The van der Waals surface area contributed by atoms with Crippen molar-refractivity contribution in [3.05, 3.63) is 11.6 Å². The Bertz CT molecular complexity index is 246. The van der Waals surface area contributed by atoms with Gasteiger partial charge in [0.2, 0.25) is 0 Å². The minimum absolute atomic E-state index is 0.771. The van der Waals surface area contributed by atoms with Gasteiger partial charge in [-0.3, -0.25) is 0 Å². The van der Waals surface area contributed by atoms with E-state index < -0.39 is 0 Å². The van der Waals surface area contributed by atoms with Crippen LogP contribution in [0.15, 0.2) is 11.6 Å². The molecule has 2 aliphatic rings. The van der Waals surface area contributed by atoms with Crippen molar-refractivity contribution >= 4 is 0 Å². The van der Waals surface area contributed by atoms with Crippen LogP contribution in [0.3, 0.4) is 0 Å². The van der Waals surface area contributed by atoms with Crippen molar-refractivity contribution < 1.29 is 0 Å². The van der Waals surface area contributed by atoms with Gasteiger partial charge in [0.15, 0.2) is 0 Å². The first kappa shape index (κ1) is 13.1. The maximum absolute atomic E-state index is 3.83. The molecule has 1 N–H and O–H groups in total. The number of rotatable bonds is 4. The Morgan fingerprint density at radius 1 is 1.12 bits per heavy atom. The average molecular weight is 235 g/mol. The zero-order valence-corrected chi connectivity index (χ0v) is 11.7. The molecule has 2 atom stereocenters. The van der Waals surface area contributed by atoms with Gasteiger partial charge in [0.1, 0.15) is 0 Å². The van der Waals surface area contributed by atoms with Crippen LogP contribution in [0, 0.1) is 11.8 Å². The molecule has 1 fully saturated rings. The molecule has 0 amide bonds. The second-order valence-corrected chi connectivity index (χ2v) is 6.22. The van der Waals surface area contributed by atoms with E-state index in [1.165, 1.54) is 57.9 Å². The van der Waals surface area contributed by atoms with Crippen molar-refractivity contribution in [3.8, 4) is 0 Å². The Hall–Kier alpha value is -0.300. The van der Waals surface area contributed by atoms with Crippen molar-refractivity contribution in [2.45, 2.75) is 71.3 Å². The zero-order chi connectivity index (χ0) is 12.1. The molecule has 0 aromatic heterocycles. The molecule has 0 aromatic carbocycles. The zero-order valence-electron chi connectivity index (χ0n) is 11.7. The molecule has 2 unspecified atom stereocenters. The number of nitrogens with one attached hydrogen (secondary N) is 1. The molecular weight excluding hydrogens is 206 g/mol. The van der Waals surface area contributed by atoms with Crippen molar-refractivity contribution in [2.24, 2.45) is 11.8 Å². The molecule has 17 heavy (non-hydrogen) atoms. The van der Waals surface area contributed by atoms with E-state index in [0.717, 1.165) is 17.9 Å². The minimum atomic E-state index is 0.771. The molecule has 1 nitrogen and oxygen atoms in total. The number of allylic oxidation sites excluding steroid dienone is 1. The van der Waals surface area contributed by atoms with Crippen LogP contribution in [0.5, 0.6) is 0 Å². The lowest BCUT2D eigenvalue weighted by molar-refractivity contribution is 0.210. The molecule has 2 rings (SSSR count). The summed E-state index contributed by atoms with van der Waals surface area (Å²) in [7, 11) is 0. The Morgan fingerprint density at radius 2 is 1.88 bits per heavy atom. The summed E-state index contributed by atoms with van der Waals surface area (Å²) < 4.78 is 0. The van der Waals surface area contributed by atoms with Crippen LogP contribution in [0.1, 0.15) is 65.2 Å². The monoisotopic (exact) mass is 235 g/mol. The van der Waals surface area contributed by atoms with E-state index in [0.29, 0.717) is 0 Å². The summed E-state index contributed by atoms with van der Waals surface area (Å²) in [6, 6.07) is 0.771. The van der Waals surface area contributed by atoms with Crippen LogP contribution in [0.2, 0.25) is 0 Å². The molecule has 0 heterocycles. The molecule has 0 bridgehead atoms. The average Bonchev–Trinajstić information content (AvgIpc) is 2.34. The molecule has 2 aliphatic carbocycles. The summed E-state index contributed by atoms with van der Waals surface area (Å²) in [5.41, 5.74) is 1.71. The first-order valence-electron chi connectivity index (χ1n) is 7.68. The minimum Gasteiger partial charge on any atom is -0.313 e. The molecule has 98 valence electrons. The van der Waals surface area contributed by atoms with Crippen LogP contribution in [-0.2, 0) is 0 Å². The molecule has 0 aromatic rings. The van der Waals surface area contributed by atoms with E-state index in [2.05, 4.69) is 25.2 Å². The van der Waals surface area contributed by atoms with Gasteiger partial charge in [0.05, 0.1) is 0 Å². The Balaban J connectivity index is 1.71. The third-order valence-electron chi connectivity index (χ3n) is 4.76. The van der Waals surface area contributed by atoms with Crippen LogP contribution in [-0.4, -0.2) is 12.6 Å². The predicted molar refractivity (Wildman–Crippen MR) is 75.1 cm³/mol. The summed E-state index contributed by atoms with van der Waals surface area (Å²) in [4.78, 5) is 0. The standard InChI is InChI=1S/C16H29N/c1-13-7-6-8-14(2)16(13)17-12-11-15-9-4-3-5-10-15/h9,13-14,16-17H,3-8,10-12H2,1-2H3. The van der Waals surface area contributed by atoms with Crippen molar-refractivity contribution in [3.63, 3.8) is 0 Å². The van der Waals surface area contributed by atoms with Crippen molar-refractivity contribution in [1.82, 2.24) is 5.32 Å². The highest BCUT2D eigenvalue weighted by atomic mass is 14.9. The smallest absolute Gasteiger partial charge is 0.0118 e. The number of hydrogen-bond acceptors (Lipinski definition) is 1. The fourth-order valence-electron chi connectivity index (χ4n) is 3.62. The Morgan fingerprint density at radius 3 is 2.53 bits per heavy atom. The summed E-state index contributed by atoms with van der Waals surface area (Å²) in [6.45, 7) is 6.05. The van der Waals surface area contributed by atoms with Gasteiger partial charge < -0.3 is 5.32 Å². The fourth-order valence-corrected chi connectivity index (χ4v) is 3.62. The van der Waals surface area contributed by atoms with E-state index in [4.69, 9.17) is 0 Å². The second kappa shape index (κ2) is 6.58. The summed E-state index contributed by atoms with van der Waals surface area (Å²) in [5, 5.41) is 3.83. The summed E-state index contributed by atoms with van der Waals surface area (Å²) >= 11 is 0. The van der Waals surface area contributed by atoms with Crippen molar-refractivity contribution in [1.29, 1.82) is 0 Å². The highest BCUT2D eigenvalue weighted by Crippen LogP contribution is 2.29. The molecule has 1 heteroatoms. The quantitative estimate of drug-likeness (QED) is 0.717. The van der Waals surface area contributed by atoms with Crippen LogP contribution >= 0.6 is 0 Å². The molecule has 0 radical (unpaired) electrons. The Labute approximate surface area is 107 Å². The van der Waals surface area contributed by atoms with Gasteiger partial charge >= 0.3 is 0 Å². The van der Waals surface area contributed by atoms with E-state index in [9.17, 15) is 0 Å². The van der Waals surface area contributed by atoms with Gasteiger partial charge in [-0.25, -0.2) is 0 Å². The van der Waals surface area contributed by atoms with E-state index in [1.807, 2.05) is 0 Å². The molecule has 1 saturated carbocycles. The SMILES string of the molecule is CC1CCCC(C)C1NCCC1=CCCCC1. The molecule has 0 saturated heterocycles. The molecule has 0 aliphatic heterocycles. The second-order valence-electron chi connectivity index (χ2n) is 6.22. The largest absolute Gasteiger partial charge is 0.313 e. The first-order valence-corrected chi connectivity index (χ1v) is 7.68. The fraction of sp³-hybridized carbons (Fsp3) is 0.875. The maximum atomic E-state index is 3.83. The summed E-state index contributed by atoms with van der Waals surface area (Å²) in [6.07, 6.45) is 13.6. The van der Waals surface area contributed by atoms with E-state index >= 15 is 0 Å². The van der Waals surface area contributed by atoms with Crippen LogP contribution in [0.4, 0.5) is 0 Å². The lowest BCUT2D eigenvalue weighted by Gasteiger charge is -2.35. The number of hydrogen-bond donors (Lipinski definition) is 1. The van der Waals surface area contributed by atoms with Crippen LogP contribution < -0.4 is 5.32 Å². The van der Waals surface area contributed by atoms with Gasteiger partial charge in [0.25, 0.3) is 0 Å². The molecule has 0 spiro atoms. The first-order chi connectivity index (χ1) is 8.27. The predicted octanol–water partition coefficient (Wildman–Crippen LogP) is 4.29. The van der Waals surface area contributed by atoms with Gasteiger partial charge in [-0.05, 0) is 63.3 Å². The van der Waals surface area contributed by atoms with Gasteiger partial charge in [-0.2, -0.15) is 0 Å². The lowest BCUT2D eigenvalue weighted by atomic mass is 9.78. The third kappa shape index (κ3) is 3.84.